The van der Waals surface area contributed by atoms with Crippen LogP contribution in [-0.2, 0) is 16.0 Å². The van der Waals surface area contributed by atoms with Gasteiger partial charge in [0.1, 0.15) is 10.8 Å². The number of carboxylic acid groups (broad SMARTS) is 1. The molecule has 1 fully saturated rings. The molecule has 1 saturated heterocycles. The fourth-order valence-corrected chi connectivity index (χ4v) is 3.75. The minimum absolute atomic E-state index is 0.0578. The highest BCUT2D eigenvalue weighted by molar-refractivity contribution is 7.13. The zero-order valence-electron chi connectivity index (χ0n) is 14.0. The Labute approximate surface area is 150 Å². The van der Waals surface area contributed by atoms with E-state index >= 15 is 0 Å². The lowest BCUT2D eigenvalue weighted by Gasteiger charge is -2.30. The van der Waals surface area contributed by atoms with Gasteiger partial charge in [-0.25, -0.2) is 4.98 Å². The maximum atomic E-state index is 12.4. The zero-order chi connectivity index (χ0) is 17.8. The molecule has 0 bridgehead atoms. The summed E-state index contributed by atoms with van der Waals surface area (Å²) in [6, 6.07) is 7.62. The number of carboxylic acids is 1. The molecule has 0 spiro atoms. The molecule has 1 atom stereocenters. The molecule has 25 heavy (non-hydrogen) atoms. The van der Waals surface area contributed by atoms with Crippen LogP contribution in [0.25, 0.3) is 10.6 Å². The summed E-state index contributed by atoms with van der Waals surface area (Å²) in [4.78, 5) is 29.8. The fraction of sp³-hybridized carbons (Fsp3) is 0.389. The van der Waals surface area contributed by atoms with E-state index in [1.54, 1.807) is 12.0 Å². The zero-order valence-corrected chi connectivity index (χ0v) is 14.8. The van der Waals surface area contributed by atoms with Crippen LogP contribution in [-0.4, -0.2) is 47.1 Å². The summed E-state index contributed by atoms with van der Waals surface area (Å²) >= 11 is 1.49. The van der Waals surface area contributed by atoms with Gasteiger partial charge in [0.05, 0.1) is 25.1 Å². The lowest BCUT2D eigenvalue weighted by molar-refractivity contribution is -0.145. The first-order valence-corrected chi connectivity index (χ1v) is 9.04. The van der Waals surface area contributed by atoms with E-state index in [9.17, 15) is 9.59 Å². The van der Waals surface area contributed by atoms with E-state index in [1.165, 1.54) is 11.3 Å². The molecular formula is C18H20N2O4S. The Hall–Kier alpha value is -2.41. The molecule has 1 N–H and O–H groups in total. The highest BCUT2D eigenvalue weighted by Gasteiger charge is 2.28. The normalized spacial score (nSPS) is 17.3. The van der Waals surface area contributed by atoms with Crippen molar-refractivity contribution in [2.24, 2.45) is 5.92 Å². The first kappa shape index (κ1) is 17.4. The Morgan fingerprint density at radius 1 is 1.36 bits per heavy atom. The van der Waals surface area contributed by atoms with Gasteiger partial charge in [0.2, 0.25) is 5.91 Å². The highest BCUT2D eigenvalue weighted by Crippen LogP contribution is 2.26. The summed E-state index contributed by atoms with van der Waals surface area (Å²) in [6.45, 7) is 0.918. The monoisotopic (exact) mass is 360 g/mol. The molecule has 1 amide bonds. The van der Waals surface area contributed by atoms with Gasteiger partial charge in [0.25, 0.3) is 0 Å². The van der Waals surface area contributed by atoms with Crippen molar-refractivity contribution in [3.63, 3.8) is 0 Å². The lowest BCUT2D eigenvalue weighted by atomic mass is 9.98. The van der Waals surface area contributed by atoms with Gasteiger partial charge in [0.15, 0.2) is 0 Å². The number of rotatable bonds is 5. The van der Waals surface area contributed by atoms with Crippen molar-refractivity contribution >= 4 is 23.2 Å². The molecule has 1 unspecified atom stereocenters. The number of ether oxygens (including phenoxy) is 1. The number of carbonyl (C=O) groups is 2. The van der Waals surface area contributed by atoms with Crippen molar-refractivity contribution in [2.45, 2.75) is 19.3 Å². The molecule has 1 aromatic carbocycles. The van der Waals surface area contributed by atoms with Gasteiger partial charge in [-0.05, 0) is 37.1 Å². The van der Waals surface area contributed by atoms with E-state index < -0.39 is 11.9 Å². The third-order valence-corrected chi connectivity index (χ3v) is 5.28. The molecular weight excluding hydrogens is 340 g/mol. The Morgan fingerprint density at radius 2 is 2.12 bits per heavy atom. The molecule has 0 saturated carbocycles. The van der Waals surface area contributed by atoms with E-state index in [4.69, 9.17) is 9.84 Å². The fourth-order valence-electron chi connectivity index (χ4n) is 2.93. The third-order valence-electron chi connectivity index (χ3n) is 4.34. The van der Waals surface area contributed by atoms with E-state index in [1.807, 2.05) is 29.6 Å². The number of amides is 1. The number of benzene rings is 1. The maximum absolute atomic E-state index is 12.4. The summed E-state index contributed by atoms with van der Waals surface area (Å²) in [5.74, 6) is -0.553. The van der Waals surface area contributed by atoms with Gasteiger partial charge in [-0.15, -0.1) is 11.3 Å². The predicted octanol–water partition coefficient (Wildman–Crippen LogP) is 2.68. The van der Waals surface area contributed by atoms with E-state index in [0.29, 0.717) is 19.5 Å². The van der Waals surface area contributed by atoms with E-state index in [0.717, 1.165) is 28.4 Å². The number of aromatic nitrogens is 1. The number of carbonyl (C=O) groups excluding carboxylic acids is 1. The minimum Gasteiger partial charge on any atom is -0.497 e. The van der Waals surface area contributed by atoms with Gasteiger partial charge >= 0.3 is 5.97 Å². The second-order valence-corrected chi connectivity index (χ2v) is 6.92. The highest BCUT2D eigenvalue weighted by atomic mass is 32.1. The predicted molar refractivity (Wildman–Crippen MR) is 94.7 cm³/mol. The smallest absolute Gasteiger partial charge is 0.308 e. The van der Waals surface area contributed by atoms with Crippen LogP contribution in [0.5, 0.6) is 5.75 Å². The first-order chi connectivity index (χ1) is 12.1. The first-order valence-electron chi connectivity index (χ1n) is 8.16. The number of hydrogen-bond acceptors (Lipinski definition) is 5. The molecule has 2 heterocycles. The average Bonchev–Trinajstić information content (AvgIpc) is 3.10. The van der Waals surface area contributed by atoms with Crippen molar-refractivity contribution in [1.29, 1.82) is 0 Å². The molecule has 3 rings (SSSR count). The van der Waals surface area contributed by atoms with Crippen LogP contribution in [0, 0.1) is 5.92 Å². The molecule has 132 valence electrons. The van der Waals surface area contributed by atoms with Gasteiger partial charge < -0.3 is 14.7 Å². The number of aliphatic carboxylic acids is 1. The molecule has 6 nitrogen and oxygen atoms in total. The molecule has 1 aliphatic rings. The lowest BCUT2D eigenvalue weighted by Crippen LogP contribution is -2.43. The van der Waals surface area contributed by atoms with Crippen molar-refractivity contribution in [3.05, 3.63) is 35.3 Å². The Kier molecular flexibility index (Phi) is 5.33. The maximum Gasteiger partial charge on any atom is 0.308 e. The topological polar surface area (TPSA) is 79.7 Å². The van der Waals surface area contributed by atoms with Crippen LogP contribution in [0.4, 0.5) is 0 Å². The van der Waals surface area contributed by atoms with Crippen LogP contribution in [0.2, 0.25) is 0 Å². The van der Waals surface area contributed by atoms with Crippen molar-refractivity contribution < 1.29 is 19.4 Å². The number of methoxy groups -OCH3 is 1. The van der Waals surface area contributed by atoms with Crippen LogP contribution in [0.15, 0.2) is 29.6 Å². The minimum atomic E-state index is -0.826. The number of hydrogen-bond donors (Lipinski definition) is 1. The third kappa shape index (κ3) is 4.17. The standard InChI is InChI=1S/C18H20N2O4S/c1-24-15-6-4-12(5-7-15)17-19-14(11-25-17)9-16(21)20-8-2-3-13(10-20)18(22)23/h4-7,11,13H,2-3,8-10H2,1H3,(H,22,23). The van der Waals surface area contributed by atoms with Gasteiger partial charge in [-0.2, -0.15) is 0 Å². The number of piperidine rings is 1. The largest absolute Gasteiger partial charge is 0.497 e. The summed E-state index contributed by atoms with van der Waals surface area (Å²) in [5.41, 5.74) is 1.70. The Morgan fingerprint density at radius 3 is 2.80 bits per heavy atom. The summed E-state index contributed by atoms with van der Waals surface area (Å²) < 4.78 is 5.15. The van der Waals surface area contributed by atoms with Gasteiger partial charge in [-0.1, -0.05) is 0 Å². The Bertz CT molecular complexity index is 757. The number of likely N-dealkylation sites (tertiary alicyclic amines) is 1. The van der Waals surface area contributed by atoms with Crippen molar-refractivity contribution in [1.82, 2.24) is 9.88 Å². The average molecular weight is 360 g/mol. The van der Waals surface area contributed by atoms with Crippen LogP contribution in [0.3, 0.4) is 0 Å². The summed E-state index contributed by atoms with van der Waals surface area (Å²) in [7, 11) is 1.62. The second kappa shape index (κ2) is 7.65. The second-order valence-electron chi connectivity index (χ2n) is 6.07. The molecule has 1 aliphatic heterocycles. The van der Waals surface area contributed by atoms with Crippen LogP contribution in [0.1, 0.15) is 18.5 Å². The number of thiazole rings is 1. The van der Waals surface area contributed by atoms with Crippen molar-refractivity contribution in [3.8, 4) is 16.3 Å². The van der Waals surface area contributed by atoms with Crippen molar-refractivity contribution in [2.75, 3.05) is 20.2 Å². The van der Waals surface area contributed by atoms with E-state index in [2.05, 4.69) is 4.98 Å². The summed E-state index contributed by atoms with van der Waals surface area (Å²) in [6.07, 6.45) is 1.58. The molecule has 2 aromatic rings. The molecule has 7 heteroatoms. The quantitative estimate of drug-likeness (QED) is 0.887. The Balaban J connectivity index is 1.64. The van der Waals surface area contributed by atoms with Crippen LogP contribution >= 0.6 is 11.3 Å². The molecule has 0 aliphatic carbocycles. The van der Waals surface area contributed by atoms with Crippen LogP contribution < -0.4 is 4.74 Å². The van der Waals surface area contributed by atoms with Gasteiger partial charge in [0, 0.05) is 24.0 Å². The number of nitrogens with zero attached hydrogens (tertiary/aromatic N) is 2. The van der Waals surface area contributed by atoms with E-state index in [-0.39, 0.29) is 12.3 Å². The molecule has 0 radical (unpaired) electrons. The summed E-state index contributed by atoms with van der Waals surface area (Å²) in [5, 5.41) is 11.9. The SMILES string of the molecule is COc1ccc(-c2nc(CC(=O)N3CCCC(C(=O)O)C3)cs2)cc1. The molecule has 1 aromatic heterocycles. The van der Waals surface area contributed by atoms with Gasteiger partial charge in [-0.3, -0.25) is 9.59 Å².